The van der Waals surface area contributed by atoms with Crippen LogP contribution in [0.4, 0.5) is 0 Å². The van der Waals surface area contributed by atoms with Crippen LogP contribution in [0, 0.1) is 0 Å². The molecule has 128 valence electrons. The molecule has 1 heterocycles. The van der Waals surface area contributed by atoms with Crippen LogP contribution in [0.15, 0.2) is 39.8 Å². The molecule has 1 aromatic heterocycles. The van der Waals surface area contributed by atoms with E-state index in [4.69, 9.17) is 9.15 Å². The summed E-state index contributed by atoms with van der Waals surface area (Å²) in [4.78, 5) is 11.8. The van der Waals surface area contributed by atoms with Crippen molar-refractivity contribution >= 4 is 15.8 Å². The van der Waals surface area contributed by atoms with Gasteiger partial charge in [0.05, 0.1) is 0 Å². The lowest BCUT2D eigenvalue weighted by Crippen LogP contribution is -2.21. The smallest absolute Gasteiger partial charge is 0.275 e. The van der Waals surface area contributed by atoms with Gasteiger partial charge in [0.15, 0.2) is 5.78 Å². The molecular formula is C17H19NO5S. The summed E-state index contributed by atoms with van der Waals surface area (Å²) in [5.41, 5.74) is 1.77. The molecule has 0 bridgehead atoms. The fourth-order valence-electron chi connectivity index (χ4n) is 2.62. The Balaban J connectivity index is 1.71. The molecule has 0 fully saturated rings. The van der Waals surface area contributed by atoms with E-state index in [-0.39, 0.29) is 17.5 Å². The molecule has 1 aromatic carbocycles. The molecule has 0 aliphatic heterocycles. The third kappa shape index (κ3) is 3.22. The van der Waals surface area contributed by atoms with Crippen molar-refractivity contribution in [3.63, 3.8) is 0 Å². The van der Waals surface area contributed by atoms with Gasteiger partial charge >= 0.3 is 0 Å². The lowest BCUT2D eigenvalue weighted by atomic mass is 9.91. The maximum Gasteiger partial charge on any atom is 0.275 e. The molecule has 1 aliphatic rings. The molecule has 0 saturated carbocycles. The van der Waals surface area contributed by atoms with E-state index in [9.17, 15) is 13.2 Å². The Labute approximate surface area is 141 Å². The average molecular weight is 349 g/mol. The van der Waals surface area contributed by atoms with Gasteiger partial charge in [-0.2, -0.15) is 0 Å². The second-order valence-corrected chi connectivity index (χ2v) is 7.98. The van der Waals surface area contributed by atoms with Gasteiger partial charge in [0, 0.05) is 26.1 Å². The van der Waals surface area contributed by atoms with Gasteiger partial charge in [-0.1, -0.05) is 0 Å². The van der Waals surface area contributed by atoms with Crippen LogP contribution < -0.4 is 4.74 Å². The fourth-order valence-corrected chi connectivity index (χ4v) is 3.43. The summed E-state index contributed by atoms with van der Waals surface area (Å²) in [5.74, 6) is 1.23. The van der Waals surface area contributed by atoms with Gasteiger partial charge in [-0.15, -0.1) is 0 Å². The Morgan fingerprint density at radius 2 is 1.96 bits per heavy atom. The van der Waals surface area contributed by atoms with E-state index in [1.165, 1.54) is 20.2 Å². The largest absolute Gasteiger partial charge is 0.486 e. The van der Waals surface area contributed by atoms with Gasteiger partial charge in [0.1, 0.15) is 18.1 Å². The minimum absolute atomic E-state index is 0.109. The minimum Gasteiger partial charge on any atom is -0.486 e. The minimum atomic E-state index is -3.58. The first kappa shape index (κ1) is 16.7. The third-order valence-corrected chi connectivity index (χ3v) is 5.67. The number of carbonyl (C=O) groups is 1. The maximum atomic E-state index is 12.0. The van der Waals surface area contributed by atoms with Crippen LogP contribution in [0.1, 0.15) is 34.5 Å². The molecule has 0 atom stereocenters. The molecule has 0 amide bonds. The number of nitrogens with zero attached hydrogens (tertiary/aromatic N) is 1. The maximum absolute atomic E-state index is 12.0. The Morgan fingerprint density at radius 3 is 2.71 bits per heavy atom. The van der Waals surface area contributed by atoms with E-state index in [0.717, 1.165) is 28.3 Å². The number of sulfonamides is 1. The Bertz CT molecular complexity index is 867. The first-order chi connectivity index (χ1) is 11.4. The van der Waals surface area contributed by atoms with Crippen LogP contribution in [-0.4, -0.2) is 32.6 Å². The van der Waals surface area contributed by atoms with E-state index < -0.39 is 10.0 Å². The highest BCUT2D eigenvalue weighted by molar-refractivity contribution is 7.88. The van der Waals surface area contributed by atoms with Crippen molar-refractivity contribution in [1.29, 1.82) is 0 Å². The second-order valence-electron chi connectivity index (χ2n) is 5.89. The number of hydrogen-bond acceptors (Lipinski definition) is 5. The third-order valence-electron chi connectivity index (χ3n) is 3.98. The van der Waals surface area contributed by atoms with E-state index >= 15 is 0 Å². The molecule has 0 N–H and O–H groups in total. The number of ketones is 1. The average Bonchev–Trinajstić information content (AvgIpc) is 3.02. The quantitative estimate of drug-likeness (QED) is 0.829. The fraction of sp³-hybridized carbons (Fsp3) is 0.353. The number of benzene rings is 1. The van der Waals surface area contributed by atoms with Crippen molar-refractivity contribution in [2.24, 2.45) is 0 Å². The van der Waals surface area contributed by atoms with Crippen LogP contribution in [0.25, 0.3) is 0 Å². The molecule has 3 rings (SSSR count). The highest BCUT2D eigenvalue weighted by Gasteiger charge is 2.22. The number of fused-ring (bicyclic) bond motifs is 1. The predicted octanol–water partition coefficient (Wildman–Crippen LogP) is 2.63. The van der Waals surface area contributed by atoms with E-state index in [0.29, 0.717) is 17.9 Å². The van der Waals surface area contributed by atoms with Crippen molar-refractivity contribution in [3.8, 4) is 5.75 Å². The Hall–Kier alpha value is -2.12. The van der Waals surface area contributed by atoms with Gasteiger partial charge in [0.2, 0.25) is 5.09 Å². The summed E-state index contributed by atoms with van der Waals surface area (Å²) in [6, 6.07) is 8.41. The van der Waals surface area contributed by atoms with Crippen molar-refractivity contribution < 1.29 is 22.4 Å². The zero-order chi connectivity index (χ0) is 17.3. The van der Waals surface area contributed by atoms with Crippen molar-refractivity contribution in [2.75, 3.05) is 14.1 Å². The first-order valence-electron chi connectivity index (χ1n) is 7.68. The van der Waals surface area contributed by atoms with Crippen LogP contribution >= 0.6 is 0 Å². The number of furan rings is 1. The van der Waals surface area contributed by atoms with E-state index in [1.807, 2.05) is 6.07 Å². The first-order valence-corrected chi connectivity index (χ1v) is 9.12. The highest BCUT2D eigenvalue weighted by atomic mass is 32.2. The molecule has 2 aromatic rings. The molecule has 0 radical (unpaired) electrons. The zero-order valence-corrected chi connectivity index (χ0v) is 14.4. The molecular weight excluding hydrogens is 330 g/mol. The molecule has 7 heteroatoms. The number of Topliss-reactive ketones (excluding diaryl/α,β-unsaturated/α-hetero) is 1. The number of hydrogen-bond donors (Lipinski definition) is 0. The number of ether oxygens (including phenoxy) is 1. The van der Waals surface area contributed by atoms with Crippen LogP contribution in [0.3, 0.4) is 0 Å². The van der Waals surface area contributed by atoms with Crippen LogP contribution in [0.5, 0.6) is 5.75 Å². The molecule has 0 spiro atoms. The molecule has 6 nitrogen and oxygen atoms in total. The van der Waals surface area contributed by atoms with Crippen molar-refractivity contribution in [3.05, 3.63) is 47.2 Å². The molecule has 0 saturated heterocycles. The van der Waals surface area contributed by atoms with Crippen molar-refractivity contribution in [1.82, 2.24) is 4.31 Å². The standard InChI is InChI=1S/C17H19NO5S/c1-18(2)24(20,21)17-9-7-14(23-17)11-22-13-6-8-15-12(10-13)4-3-5-16(15)19/h6-10H,3-5,11H2,1-2H3. The van der Waals surface area contributed by atoms with Gasteiger partial charge in [-0.3, -0.25) is 4.79 Å². The SMILES string of the molecule is CN(C)S(=O)(=O)c1ccc(COc2ccc3c(c2)CCCC3=O)o1. The number of aryl methyl sites for hydroxylation is 1. The number of rotatable bonds is 5. The zero-order valence-electron chi connectivity index (χ0n) is 13.6. The van der Waals surface area contributed by atoms with E-state index in [1.54, 1.807) is 18.2 Å². The lowest BCUT2D eigenvalue weighted by Gasteiger charge is -2.15. The van der Waals surface area contributed by atoms with Gasteiger partial charge in [-0.25, -0.2) is 12.7 Å². The Morgan fingerprint density at radius 1 is 1.17 bits per heavy atom. The second kappa shape index (κ2) is 6.41. The highest BCUT2D eigenvalue weighted by Crippen LogP contribution is 2.26. The van der Waals surface area contributed by atoms with Crippen LogP contribution in [0.2, 0.25) is 0 Å². The Kier molecular flexibility index (Phi) is 4.47. The molecule has 0 unspecified atom stereocenters. The molecule has 24 heavy (non-hydrogen) atoms. The monoisotopic (exact) mass is 349 g/mol. The summed E-state index contributed by atoms with van der Waals surface area (Å²) < 4.78 is 36.1. The lowest BCUT2D eigenvalue weighted by molar-refractivity contribution is 0.0972. The predicted molar refractivity (Wildman–Crippen MR) is 87.6 cm³/mol. The topological polar surface area (TPSA) is 76.8 Å². The van der Waals surface area contributed by atoms with Gasteiger partial charge in [0.25, 0.3) is 10.0 Å². The molecule has 1 aliphatic carbocycles. The number of carbonyl (C=O) groups excluding carboxylic acids is 1. The summed E-state index contributed by atoms with van der Waals surface area (Å²) >= 11 is 0. The summed E-state index contributed by atoms with van der Waals surface area (Å²) in [7, 11) is -0.690. The summed E-state index contributed by atoms with van der Waals surface area (Å²) in [5, 5.41) is -0.109. The van der Waals surface area contributed by atoms with Crippen molar-refractivity contribution in [2.45, 2.75) is 31.0 Å². The van der Waals surface area contributed by atoms with Gasteiger partial charge < -0.3 is 9.15 Å². The van der Waals surface area contributed by atoms with Crippen LogP contribution in [-0.2, 0) is 23.1 Å². The van der Waals surface area contributed by atoms with Gasteiger partial charge in [-0.05, 0) is 48.7 Å². The van der Waals surface area contributed by atoms with E-state index in [2.05, 4.69) is 0 Å². The summed E-state index contributed by atoms with van der Waals surface area (Å²) in [6.45, 7) is 0.121. The normalized spacial score (nSPS) is 14.7. The summed E-state index contributed by atoms with van der Waals surface area (Å²) in [6.07, 6.45) is 2.33.